The van der Waals surface area contributed by atoms with Gasteiger partial charge in [-0.1, -0.05) is 0 Å². The zero-order valence-electron chi connectivity index (χ0n) is 13.1. The second-order valence-corrected chi connectivity index (χ2v) is 5.53. The monoisotopic (exact) mass is 283 g/mol. The fourth-order valence-corrected chi connectivity index (χ4v) is 2.69. The second kappa shape index (κ2) is 8.95. The third kappa shape index (κ3) is 5.49. The standard InChI is InChI=1S/C15H29N3O2/c1-4-18(5-2)15(20)12(3)17-14(19)7-6-13-8-10-16-11-9-13/h12-13,16H,4-11H2,1-3H3,(H,17,19). The second-order valence-electron chi connectivity index (χ2n) is 5.53. The van der Waals surface area contributed by atoms with Crippen molar-refractivity contribution in [3.05, 3.63) is 0 Å². The van der Waals surface area contributed by atoms with Gasteiger partial charge in [0, 0.05) is 19.5 Å². The van der Waals surface area contributed by atoms with Gasteiger partial charge in [0.2, 0.25) is 11.8 Å². The van der Waals surface area contributed by atoms with Crippen molar-refractivity contribution >= 4 is 11.8 Å². The third-order valence-corrected chi connectivity index (χ3v) is 4.06. The summed E-state index contributed by atoms with van der Waals surface area (Å²) in [5, 5.41) is 6.15. The van der Waals surface area contributed by atoms with E-state index in [1.807, 2.05) is 13.8 Å². The number of likely N-dealkylation sites (N-methyl/N-ethyl adjacent to an activating group) is 1. The first kappa shape index (κ1) is 17.0. The van der Waals surface area contributed by atoms with E-state index in [9.17, 15) is 9.59 Å². The van der Waals surface area contributed by atoms with E-state index in [-0.39, 0.29) is 11.8 Å². The summed E-state index contributed by atoms with van der Waals surface area (Å²) in [6.45, 7) is 9.16. The topological polar surface area (TPSA) is 61.4 Å². The summed E-state index contributed by atoms with van der Waals surface area (Å²) in [5.41, 5.74) is 0. The maximum absolute atomic E-state index is 12.0. The van der Waals surface area contributed by atoms with Crippen molar-refractivity contribution in [2.45, 2.75) is 52.5 Å². The number of hydrogen-bond donors (Lipinski definition) is 2. The predicted octanol–water partition coefficient (Wildman–Crippen LogP) is 1.14. The van der Waals surface area contributed by atoms with E-state index < -0.39 is 6.04 Å². The van der Waals surface area contributed by atoms with Gasteiger partial charge in [-0.2, -0.15) is 0 Å². The molecule has 2 N–H and O–H groups in total. The average Bonchev–Trinajstić information content (AvgIpc) is 2.47. The highest BCUT2D eigenvalue weighted by atomic mass is 16.2. The van der Waals surface area contributed by atoms with Gasteiger partial charge in [0.1, 0.15) is 6.04 Å². The van der Waals surface area contributed by atoms with E-state index >= 15 is 0 Å². The maximum atomic E-state index is 12.0. The summed E-state index contributed by atoms with van der Waals surface area (Å²) in [4.78, 5) is 25.7. The van der Waals surface area contributed by atoms with Gasteiger partial charge in [-0.3, -0.25) is 9.59 Å². The molecule has 0 radical (unpaired) electrons. The van der Waals surface area contributed by atoms with Crippen LogP contribution in [0.3, 0.4) is 0 Å². The van der Waals surface area contributed by atoms with Crippen LogP contribution in [0, 0.1) is 5.92 Å². The Bertz CT molecular complexity index is 310. The Balaban J connectivity index is 2.28. The Morgan fingerprint density at radius 3 is 2.40 bits per heavy atom. The lowest BCUT2D eigenvalue weighted by Crippen LogP contribution is -2.46. The number of nitrogens with zero attached hydrogens (tertiary/aromatic N) is 1. The lowest BCUT2D eigenvalue weighted by Gasteiger charge is -2.24. The van der Waals surface area contributed by atoms with Crippen molar-refractivity contribution in [3.63, 3.8) is 0 Å². The summed E-state index contributed by atoms with van der Waals surface area (Å²) in [6.07, 6.45) is 3.77. The quantitative estimate of drug-likeness (QED) is 0.736. The van der Waals surface area contributed by atoms with Gasteiger partial charge in [-0.25, -0.2) is 0 Å². The van der Waals surface area contributed by atoms with Gasteiger partial charge in [0.15, 0.2) is 0 Å². The highest BCUT2D eigenvalue weighted by molar-refractivity contribution is 5.87. The smallest absolute Gasteiger partial charge is 0.244 e. The first-order chi connectivity index (χ1) is 9.58. The molecule has 1 aliphatic rings. The Morgan fingerprint density at radius 1 is 1.25 bits per heavy atom. The Hall–Kier alpha value is -1.10. The number of rotatable bonds is 7. The molecule has 116 valence electrons. The van der Waals surface area contributed by atoms with Crippen LogP contribution in [0.2, 0.25) is 0 Å². The molecule has 20 heavy (non-hydrogen) atoms. The zero-order chi connectivity index (χ0) is 15.0. The molecule has 1 atom stereocenters. The van der Waals surface area contributed by atoms with Crippen LogP contribution in [-0.2, 0) is 9.59 Å². The first-order valence-corrected chi connectivity index (χ1v) is 7.87. The van der Waals surface area contributed by atoms with Gasteiger partial charge >= 0.3 is 0 Å². The highest BCUT2D eigenvalue weighted by Crippen LogP contribution is 2.17. The number of carbonyl (C=O) groups excluding carboxylic acids is 2. The molecule has 5 nitrogen and oxygen atoms in total. The zero-order valence-corrected chi connectivity index (χ0v) is 13.1. The van der Waals surface area contributed by atoms with Crippen molar-refractivity contribution in [1.82, 2.24) is 15.5 Å². The minimum atomic E-state index is -0.421. The summed E-state index contributed by atoms with van der Waals surface area (Å²) < 4.78 is 0. The van der Waals surface area contributed by atoms with Gasteiger partial charge in [-0.05, 0) is 59.0 Å². The summed E-state index contributed by atoms with van der Waals surface area (Å²) in [6, 6.07) is -0.421. The van der Waals surface area contributed by atoms with E-state index in [4.69, 9.17) is 0 Å². The predicted molar refractivity (Wildman–Crippen MR) is 80.4 cm³/mol. The summed E-state index contributed by atoms with van der Waals surface area (Å²) in [7, 11) is 0. The molecule has 1 unspecified atom stereocenters. The summed E-state index contributed by atoms with van der Waals surface area (Å²) in [5.74, 6) is 0.651. The van der Waals surface area contributed by atoms with Gasteiger partial charge in [0.25, 0.3) is 0 Å². The molecule has 5 heteroatoms. The largest absolute Gasteiger partial charge is 0.345 e. The lowest BCUT2D eigenvalue weighted by atomic mass is 9.93. The molecule has 1 saturated heterocycles. The van der Waals surface area contributed by atoms with Crippen molar-refractivity contribution in [2.75, 3.05) is 26.2 Å². The molecule has 0 aromatic rings. The van der Waals surface area contributed by atoms with Crippen LogP contribution in [0.25, 0.3) is 0 Å². The van der Waals surface area contributed by atoms with E-state index in [0.717, 1.165) is 32.4 Å². The number of amides is 2. The number of piperidine rings is 1. The molecular weight excluding hydrogens is 254 g/mol. The first-order valence-electron chi connectivity index (χ1n) is 7.87. The average molecular weight is 283 g/mol. The van der Waals surface area contributed by atoms with Gasteiger partial charge in [-0.15, -0.1) is 0 Å². The van der Waals surface area contributed by atoms with Crippen LogP contribution in [0.5, 0.6) is 0 Å². The Kier molecular flexibility index (Phi) is 7.59. The van der Waals surface area contributed by atoms with Crippen molar-refractivity contribution in [2.24, 2.45) is 5.92 Å². The van der Waals surface area contributed by atoms with Crippen LogP contribution in [0.1, 0.15) is 46.5 Å². The van der Waals surface area contributed by atoms with Crippen LogP contribution < -0.4 is 10.6 Å². The van der Waals surface area contributed by atoms with Crippen molar-refractivity contribution in [3.8, 4) is 0 Å². The summed E-state index contributed by atoms with van der Waals surface area (Å²) >= 11 is 0. The molecule has 0 saturated carbocycles. The fraction of sp³-hybridized carbons (Fsp3) is 0.867. The molecule has 1 fully saturated rings. The fourth-order valence-electron chi connectivity index (χ4n) is 2.69. The van der Waals surface area contributed by atoms with Crippen LogP contribution in [-0.4, -0.2) is 48.9 Å². The maximum Gasteiger partial charge on any atom is 0.244 e. The molecule has 0 bridgehead atoms. The van der Waals surface area contributed by atoms with E-state index in [2.05, 4.69) is 10.6 Å². The van der Waals surface area contributed by atoms with Crippen molar-refractivity contribution in [1.29, 1.82) is 0 Å². The Labute approximate surface area is 122 Å². The molecule has 0 aromatic heterocycles. The SMILES string of the molecule is CCN(CC)C(=O)C(C)NC(=O)CCC1CCNCC1. The molecule has 0 aromatic carbocycles. The van der Waals surface area contributed by atoms with Crippen LogP contribution in [0.4, 0.5) is 0 Å². The molecule has 1 rings (SSSR count). The van der Waals surface area contributed by atoms with Crippen LogP contribution in [0.15, 0.2) is 0 Å². The lowest BCUT2D eigenvalue weighted by molar-refractivity contribution is -0.135. The van der Waals surface area contributed by atoms with E-state index in [1.165, 1.54) is 0 Å². The number of hydrogen-bond acceptors (Lipinski definition) is 3. The molecule has 2 amide bonds. The number of carbonyl (C=O) groups is 2. The minimum Gasteiger partial charge on any atom is -0.345 e. The number of nitrogens with one attached hydrogen (secondary N) is 2. The molecular formula is C15H29N3O2. The normalized spacial score (nSPS) is 17.6. The molecule has 0 aliphatic carbocycles. The Morgan fingerprint density at radius 2 is 1.85 bits per heavy atom. The van der Waals surface area contributed by atoms with Crippen LogP contribution >= 0.6 is 0 Å². The van der Waals surface area contributed by atoms with Gasteiger partial charge in [0.05, 0.1) is 0 Å². The van der Waals surface area contributed by atoms with Gasteiger partial charge < -0.3 is 15.5 Å². The molecule has 1 heterocycles. The molecule has 0 spiro atoms. The third-order valence-electron chi connectivity index (χ3n) is 4.06. The highest BCUT2D eigenvalue weighted by Gasteiger charge is 2.20. The minimum absolute atomic E-state index is 0.00320. The van der Waals surface area contributed by atoms with Crippen molar-refractivity contribution < 1.29 is 9.59 Å². The van der Waals surface area contributed by atoms with E-state index in [0.29, 0.717) is 25.4 Å². The molecule has 1 aliphatic heterocycles. The van der Waals surface area contributed by atoms with E-state index in [1.54, 1.807) is 11.8 Å².